The van der Waals surface area contributed by atoms with E-state index in [1.807, 2.05) is 0 Å². The van der Waals surface area contributed by atoms with Crippen molar-refractivity contribution in [2.45, 2.75) is 19.3 Å². The zero-order chi connectivity index (χ0) is 11.2. The molecular formula is C14H23ClN2. The van der Waals surface area contributed by atoms with Crippen LogP contribution in [0, 0.1) is 5.92 Å². The zero-order valence-electron chi connectivity index (χ0n) is 10.6. The van der Waals surface area contributed by atoms with Gasteiger partial charge in [-0.15, -0.1) is 12.4 Å². The molecule has 0 saturated carbocycles. The summed E-state index contributed by atoms with van der Waals surface area (Å²) in [6.07, 6.45) is 4.03. The number of para-hydroxylation sites is 1. The molecule has 1 aromatic carbocycles. The summed E-state index contributed by atoms with van der Waals surface area (Å²) >= 11 is 0. The van der Waals surface area contributed by atoms with Crippen molar-refractivity contribution in [3.63, 3.8) is 0 Å². The average molecular weight is 255 g/mol. The zero-order valence-corrected chi connectivity index (χ0v) is 11.4. The maximum Gasteiger partial charge on any atom is 0.0363 e. The second-order valence-electron chi connectivity index (χ2n) is 4.74. The SMILES string of the molecule is CN(CCC1CCNCC1)c1ccccc1.Cl. The fraction of sp³-hybridized carbons (Fsp3) is 0.571. The highest BCUT2D eigenvalue weighted by molar-refractivity contribution is 5.85. The second kappa shape index (κ2) is 7.57. The molecule has 1 aliphatic heterocycles. The van der Waals surface area contributed by atoms with Gasteiger partial charge in [-0.1, -0.05) is 18.2 Å². The van der Waals surface area contributed by atoms with Crippen molar-refractivity contribution in [1.29, 1.82) is 0 Å². The molecule has 17 heavy (non-hydrogen) atoms. The van der Waals surface area contributed by atoms with Crippen LogP contribution in [0.25, 0.3) is 0 Å². The van der Waals surface area contributed by atoms with E-state index >= 15 is 0 Å². The predicted octanol–water partition coefficient (Wildman–Crippen LogP) is 2.93. The Kier molecular flexibility index (Phi) is 6.38. The van der Waals surface area contributed by atoms with Gasteiger partial charge >= 0.3 is 0 Å². The number of hydrogen-bond acceptors (Lipinski definition) is 2. The Balaban J connectivity index is 0.00000144. The predicted molar refractivity (Wildman–Crippen MR) is 77.2 cm³/mol. The summed E-state index contributed by atoms with van der Waals surface area (Å²) in [5, 5.41) is 3.42. The van der Waals surface area contributed by atoms with Gasteiger partial charge in [0, 0.05) is 19.3 Å². The van der Waals surface area contributed by atoms with Crippen molar-refractivity contribution >= 4 is 18.1 Å². The maximum atomic E-state index is 3.42. The number of halogens is 1. The smallest absolute Gasteiger partial charge is 0.0363 e. The Bertz CT molecular complexity index is 296. The Morgan fingerprint density at radius 2 is 1.82 bits per heavy atom. The minimum absolute atomic E-state index is 0. The maximum absolute atomic E-state index is 3.42. The van der Waals surface area contributed by atoms with Gasteiger partial charge < -0.3 is 10.2 Å². The van der Waals surface area contributed by atoms with E-state index in [1.54, 1.807) is 0 Å². The van der Waals surface area contributed by atoms with Crippen LogP contribution in [-0.2, 0) is 0 Å². The van der Waals surface area contributed by atoms with E-state index in [2.05, 4.69) is 47.6 Å². The Hall–Kier alpha value is -0.730. The molecule has 0 atom stereocenters. The fourth-order valence-electron chi connectivity index (χ4n) is 2.36. The van der Waals surface area contributed by atoms with Crippen LogP contribution < -0.4 is 10.2 Å². The lowest BCUT2D eigenvalue weighted by atomic mass is 9.94. The van der Waals surface area contributed by atoms with Crippen LogP contribution in [0.15, 0.2) is 30.3 Å². The van der Waals surface area contributed by atoms with Gasteiger partial charge in [0.15, 0.2) is 0 Å². The van der Waals surface area contributed by atoms with Crippen molar-refractivity contribution in [3.05, 3.63) is 30.3 Å². The second-order valence-corrected chi connectivity index (χ2v) is 4.74. The van der Waals surface area contributed by atoms with E-state index in [0.29, 0.717) is 0 Å². The minimum atomic E-state index is 0. The van der Waals surface area contributed by atoms with Crippen molar-refractivity contribution in [1.82, 2.24) is 5.32 Å². The molecule has 1 aliphatic rings. The molecule has 1 fully saturated rings. The first kappa shape index (κ1) is 14.3. The lowest BCUT2D eigenvalue weighted by Crippen LogP contribution is -2.30. The summed E-state index contributed by atoms with van der Waals surface area (Å²) in [4.78, 5) is 2.36. The summed E-state index contributed by atoms with van der Waals surface area (Å²) in [6, 6.07) is 10.7. The third-order valence-corrected chi connectivity index (χ3v) is 3.53. The van der Waals surface area contributed by atoms with Gasteiger partial charge in [-0.2, -0.15) is 0 Å². The Morgan fingerprint density at radius 1 is 1.18 bits per heavy atom. The molecule has 1 heterocycles. The third-order valence-electron chi connectivity index (χ3n) is 3.53. The molecule has 0 bridgehead atoms. The van der Waals surface area contributed by atoms with Gasteiger partial charge in [-0.3, -0.25) is 0 Å². The molecule has 1 aromatic rings. The van der Waals surface area contributed by atoms with Gasteiger partial charge in [0.2, 0.25) is 0 Å². The quantitative estimate of drug-likeness (QED) is 0.889. The van der Waals surface area contributed by atoms with Crippen LogP contribution in [0.4, 0.5) is 5.69 Å². The molecule has 2 rings (SSSR count). The summed E-state index contributed by atoms with van der Waals surface area (Å²) in [7, 11) is 2.19. The summed E-state index contributed by atoms with van der Waals surface area (Å²) in [6.45, 7) is 3.59. The van der Waals surface area contributed by atoms with Crippen molar-refractivity contribution < 1.29 is 0 Å². The normalized spacial score (nSPS) is 16.3. The van der Waals surface area contributed by atoms with Crippen LogP contribution in [0.2, 0.25) is 0 Å². The number of rotatable bonds is 4. The Morgan fingerprint density at radius 3 is 2.47 bits per heavy atom. The number of anilines is 1. The van der Waals surface area contributed by atoms with Crippen LogP contribution in [0.3, 0.4) is 0 Å². The number of hydrogen-bond donors (Lipinski definition) is 1. The van der Waals surface area contributed by atoms with E-state index in [1.165, 1.54) is 44.6 Å². The van der Waals surface area contributed by atoms with E-state index in [9.17, 15) is 0 Å². The standard InChI is InChI=1S/C14H22N2.ClH/c1-16(14-5-3-2-4-6-14)12-9-13-7-10-15-11-8-13;/h2-6,13,15H,7-12H2,1H3;1H. The minimum Gasteiger partial charge on any atom is -0.375 e. The van der Waals surface area contributed by atoms with Crippen LogP contribution in [-0.4, -0.2) is 26.7 Å². The number of nitrogens with one attached hydrogen (secondary N) is 1. The molecule has 0 aromatic heterocycles. The summed E-state index contributed by atoms with van der Waals surface area (Å²) < 4.78 is 0. The molecule has 0 unspecified atom stereocenters. The lowest BCUT2D eigenvalue weighted by Gasteiger charge is -2.26. The topological polar surface area (TPSA) is 15.3 Å². The van der Waals surface area contributed by atoms with Gasteiger partial charge in [0.1, 0.15) is 0 Å². The van der Waals surface area contributed by atoms with Crippen molar-refractivity contribution in [2.75, 3.05) is 31.6 Å². The van der Waals surface area contributed by atoms with Gasteiger partial charge in [-0.05, 0) is 50.4 Å². The monoisotopic (exact) mass is 254 g/mol. The van der Waals surface area contributed by atoms with Crippen LogP contribution in [0.5, 0.6) is 0 Å². The summed E-state index contributed by atoms with van der Waals surface area (Å²) in [5.41, 5.74) is 1.33. The Labute approximate surface area is 111 Å². The largest absolute Gasteiger partial charge is 0.375 e. The molecule has 0 spiro atoms. The fourth-order valence-corrected chi connectivity index (χ4v) is 2.36. The van der Waals surface area contributed by atoms with Crippen LogP contribution >= 0.6 is 12.4 Å². The van der Waals surface area contributed by atoms with E-state index in [-0.39, 0.29) is 12.4 Å². The molecule has 1 saturated heterocycles. The first-order valence-corrected chi connectivity index (χ1v) is 6.33. The molecule has 0 radical (unpaired) electrons. The lowest BCUT2D eigenvalue weighted by molar-refractivity contribution is 0.356. The van der Waals surface area contributed by atoms with Gasteiger partial charge in [-0.25, -0.2) is 0 Å². The van der Waals surface area contributed by atoms with Crippen molar-refractivity contribution in [2.24, 2.45) is 5.92 Å². The van der Waals surface area contributed by atoms with Gasteiger partial charge in [0.05, 0.1) is 0 Å². The van der Waals surface area contributed by atoms with E-state index in [4.69, 9.17) is 0 Å². The van der Waals surface area contributed by atoms with Gasteiger partial charge in [0.25, 0.3) is 0 Å². The van der Waals surface area contributed by atoms with E-state index in [0.717, 1.165) is 5.92 Å². The van der Waals surface area contributed by atoms with Crippen LogP contribution in [0.1, 0.15) is 19.3 Å². The first-order chi connectivity index (χ1) is 7.86. The molecule has 2 nitrogen and oxygen atoms in total. The number of benzene rings is 1. The third kappa shape index (κ3) is 4.57. The highest BCUT2D eigenvalue weighted by Gasteiger charge is 2.13. The average Bonchev–Trinajstić information content (AvgIpc) is 2.38. The molecular weight excluding hydrogens is 232 g/mol. The first-order valence-electron chi connectivity index (χ1n) is 6.33. The molecule has 96 valence electrons. The number of piperidine rings is 1. The molecule has 1 N–H and O–H groups in total. The molecule has 0 amide bonds. The van der Waals surface area contributed by atoms with Crippen molar-refractivity contribution in [3.8, 4) is 0 Å². The highest BCUT2D eigenvalue weighted by atomic mass is 35.5. The van der Waals surface area contributed by atoms with E-state index < -0.39 is 0 Å². The molecule has 0 aliphatic carbocycles. The summed E-state index contributed by atoms with van der Waals surface area (Å²) in [5.74, 6) is 0.924. The highest BCUT2D eigenvalue weighted by Crippen LogP contribution is 2.18. The number of nitrogens with zero attached hydrogens (tertiary/aromatic N) is 1. The molecule has 3 heteroatoms.